The molecule has 110 valence electrons. The van der Waals surface area contributed by atoms with Crippen molar-refractivity contribution < 1.29 is 13.9 Å². The average molecular weight is 280 g/mol. The molecule has 0 saturated carbocycles. The molecule has 20 heavy (non-hydrogen) atoms. The highest BCUT2D eigenvalue weighted by Gasteiger charge is 2.31. The Balaban J connectivity index is 1.96. The molecular formula is C15H21FN2O2. The van der Waals surface area contributed by atoms with E-state index < -0.39 is 0 Å². The van der Waals surface area contributed by atoms with Crippen molar-refractivity contribution >= 4 is 11.6 Å². The van der Waals surface area contributed by atoms with E-state index in [9.17, 15) is 9.18 Å². The smallest absolute Gasteiger partial charge is 0.238 e. The number of aryl methyl sites for hydroxylation is 1. The van der Waals surface area contributed by atoms with E-state index in [1.54, 1.807) is 19.1 Å². The van der Waals surface area contributed by atoms with Gasteiger partial charge < -0.3 is 10.1 Å². The lowest BCUT2D eigenvalue weighted by Gasteiger charge is -2.41. The summed E-state index contributed by atoms with van der Waals surface area (Å²) < 4.78 is 18.9. The van der Waals surface area contributed by atoms with Crippen LogP contribution in [0.2, 0.25) is 0 Å². The number of nitrogens with one attached hydrogen (secondary N) is 1. The quantitative estimate of drug-likeness (QED) is 0.922. The Morgan fingerprint density at radius 1 is 1.50 bits per heavy atom. The van der Waals surface area contributed by atoms with Crippen LogP contribution in [0, 0.1) is 12.7 Å². The van der Waals surface area contributed by atoms with Crippen LogP contribution in [0.4, 0.5) is 10.1 Å². The Kier molecular flexibility index (Phi) is 4.40. The number of rotatable bonds is 3. The molecule has 1 aliphatic rings. The largest absolute Gasteiger partial charge is 0.378 e. The number of carbonyl (C=O) groups is 1. The Labute approximate surface area is 118 Å². The summed E-state index contributed by atoms with van der Waals surface area (Å²) in [5.41, 5.74) is 0.898. The SMILES string of the molecule is Cc1ccc(NC(=O)CN2CCOCC2(C)C)cc1F. The number of ether oxygens (including phenoxy) is 1. The summed E-state index contributed by atoms with van der Waals surface area (Å²) in [6, 6.07) is 4.71. The van der Waals surface area contributed by atoms with E-state index in [-0.39, 0.29) is 23.8 Å². The van der Waals surface area contributed by atoms with Gasteiger partial charge in [-0.1, -0.05) is 6.07 Å². The van der Waals surface area contributed by atoms with Crippen molar-refractivity contribution in [2.24, 2.45) is 0 Å². The molecular weight excluding hydrogens is 259 g/mol. The van der Waals surface area contributed by atoms with Gasteiger partial charge in [0.05, 0.1) is 19.8 Å². The number of hydrogen-bond acceptors (Lipinski definition) is 3. The van der Waals surface area contributed by atoms with Gasteiger partial charge in [0.1, 0.15) is 5.82 Å². The molecule has 0 unspecified atom stereocenters. The van der Waals surface area contributed by atoms with Gasteiger partial charge >= 0.3 is 0 Å². The van der Waals surface area contributed by atoms with Crippen LogP contribution in [0.3, 0.4) is 0 Å². The number of anilines is 1. The Morgan fingerprint density at radius 3 is 2.90 bits per heavy atom. The summed E-state index contributed by atoms with van der Waals surface area (Å²) in [7, 11) is 0. The Morgan fingerprint density at radius 2 is 2.25 bits per heavy atom. The van der Waals surface area contributed by atoms with Crippen molar-refractivity contribution in [3.63, 3.8) is 0 Å². The molecule has 1 heterocycles. The van der Waals surface area contributed by atoms with E-state index >= 15 is 0 Å². The maximum Gasteiger partial charge on any atom is 0.238 e. The molecule has 5 heteroatoms. The molecule has 1 amide bonds. The van der Waals surface area contributed by atoms with Crippen LogP contribution in [0.5, 0.6) is 0 Å². The maximum atomic E-state index is 13.4. The lowest BCUT2D eigenvalue weighted by Crippen LogP contribution is -2.55. The third-order valence-electron chi connectivity index (χ3n) is 3.61. The third-order valence-corrected chi connectivity index (χ3v) is 3.61. The summed E-state index contributed by atoms with van der Waals surface area (Å²) in [5.74, 6) is -0.447. The number of carbonyl (C=O) groups excluding carboxylic acids is 1. The first-order valence-corrected chi connectivity index (χ1v) is 6.77. The van der Waals surface area contributed by atoms with Crippen molar-refractivity contribution in [2.75, 3.05) is 31.6 Å². The number of nitrogens with zero attached hydrogens (tertiary/aromatic N) is 1. The van der Waals surface area contributed by atoms with Crippen molar-refractivity contribution in [1.82, 2.24) is 4.90 Å². The molecule has 0 spiro atoms. The molecule has 1 aliphatic heterocycles. The molecule has 4 nitrogen and oxygen atoms in total. The van der Waals surface area contributed by atoms with Gasteiger partial charge in [-0.05, 0) is 38.5 Å². The van der Waals surface area contributed by atoms with Crippen molar-refractivity contribution in [1.29, 1.82) is 0 Å². The zero-order valence-corrected chi connectivity index (χ0v) is 12.2. The molecule has 2 rings (SSSR count). The zero-order valence-electron chi connectivity index (χ0n) is 12.2. The van der Waals surface area contributed by atoms with Gasteiger partial charge in [-0.25, -0.2) is 4.39 Å². The monoisotopic (exact) mass is 280 g/mol. The summed E-state index contributed by atoms with van der Waals surface area (Å²) in [5, 5.41) is 2.73. The fourth-order valence-corrected chi connectivity index (χ4v) is 2.23. The van der Waals surface area contributed by atoms with Gasteiger partial charge in [0.15, 0.2) is 0 Å². The predicted octanol–water partition coefficient (Wildman–Crippen LogP) is 2.18. The van der Waals surface area contributed by atoms with Gasteiger partial charge in [0, 0.05) is 17.8 Å². The number of halogens is 1. The Bertz CT molecular complexity index is 503. The van der Waals surface area contributed by atoms with Gasteiger partial charge in [-0.15, -0.1) is 0 Å². The second kappa shape index (κ2) is 5.89. The van der Waals surface area contributed by atoms with E-state index in [1.165, 1.54) is 6.07 Å². The maximum absolute atomic E-state index is 13.4. The van der Waals surface area contributed by atoms with Crippen LogP contribution in [-0.2, 0) is 9.53 Å². The summed E-state index contributed by atoms with van der Waals surface area (Å²) in [6.07, 6.45) is 0. The van der Waals surface area contributed by atoms with Crippen LogP contribution >= 0.6 is 0 Å². The minimum atomic E-state index is -0.311. The summed E-state index contributed by atoms with van der Waals surface area (Å²) >= 11 is 0. The van der Waals surface area contributed by atoms with Crippen molar-refractivity contribution in [2.45, 2.75) is 26.3 Å². The molecule has 0 bridgehead atoms. The number of benzene rings is 1. The number of hydrogen-bond donors (Lipinski definition) is 1. The number of morpholine rings is 1. The summed E-state index contributed by atoms with van der Waals surface area (Å²) in [6.45, 7) is 8.04. The molecule has 1 N–H and O–H groups in total. The molecule has 1 fully saturated rings. The van der Waals surface area contributed by atoms with E-state index in [0.717, 1.165) is 6.54 Å². The van der Waals surface area contributed by atoms with E-state index in [0.29, 0.717) is 24.5 Å². The minimum absolute atomic E-state index is 0.136. The lowest BCUT2D eigenvalue weighted by atomic mass is 10.0. The first-order chi connectivity index (χ1) is 9.38. The van der Waals surface area contributed by atoms with Crippen molar-refractivity contribution in [3.05, 3.63) is 29.6 Å². The molecule has 1 aromatic carbocycles. The fraction of sp³-hybridized carbons (Fsp3) is 0.533. The average Bonchev–Trinajstić information content (AvgIpc) is 2.36. The van der Waals surface area contributed by atoms with Gasteiger partial charge in [0.25, 0.3) is 0 Å². The topological polar surface area (TPSA) is 41.6 Å². The molecule has 0 aliphatic carbocycles. The van der Waals surface area contributed by atoms with Gasteiger partial charge in [-0.3, -0.25) is 9.69 Å². The van der Waals surface area contributed by atoms with Crippen LogP contribution in [0.15, 0.2) is 18.2 Å². The predicted molar refractivity (Wildman–Crippen MR) is 76.2 cm³/mol. The first-order valence-electron chi connectivity index (χ1n) is 6.77. The Hall–Kier alpha value is -1.46. The highest BCUT2D eigenvalue weighted by Crippen LogP contribution is 2.19. The minimum Gasteiger partial charge on any atom is -0.378 e. The highest BCUT2D eigenvalue weighted by atomic mass is 19.1. The molecule has 1 saturated heterocycles. The number of amides is 1. The fourth-order valence-electron chi connectivity index (χ4n) is 2.23. The highest BCUT2D eigenvalue weighted by molar-refractivity contribution is 5.92. The van der Waals surface area contributed by atoms with Crippen molar-refractivity contribution in [3.8, 4) is 0 Å². The van der Waals surface area contributed by atoms with Gasteiger partial charge in [-0.2, -0.15) is 0 Å². The standard InChI is InChI=1S/C15H21FN2O2/c1-11-4-5-12(8-13(11)16)17-14(19)9-18-6-7-20-10-15(18,2)3/h4-5,8H,6-7,9-10H2,1-3H3,(H,17,19). The molecule has 1 aromatic rings. The van der Waals surface area contributed by atoms with Crippen LogP contribution < -0.4 is 5.32 Å². The van der Waals surface area contributed by atoms with E-state index in [2.05, 4.69) is 10.2 Å². The second-order valence-corrected chi connectivity index (χ2v) is 5.80. The molecule has 0 atom stereocenters. The normalized spacial score (nSPS) is 18.8. The second-order valence-electron chi connectivity index (χ2n) is 5.80. The van der Waals surface area contributed by atoms with Gasteiger partial charge in [0.2, 0.25) is 5.91 Å². The zero-order chi connectivity index (χ0) is 14.8. The lowest BCUT2D eigenvalue weighted by molar-refractivity contribution is -0.122. The summed E-state index contributed by atoms with van der Waals surface area (Å²) in [4.78, 5) is 14.1. The molecule has 0 radical (unpaired) electrons. The van der Waals surface area contributed by atoms with Crippen LogP contribution in [-0.4, -0.2) is 42.6 Å². The molecule has 0 aromatic heterocycles. The van der Waals surface area contributed by atoms with Crippen LogP contribution in [0.25, 0.3) is 0 Å². The van der Waals surface area contributed by atoms with Crippen LogP contribution in [0.1, 0.15) is 19.4 Å². The van der Waals surface area contributed by atoms with E-state index in [4.69, 9.17) is 4.74 Å². The van der Waals surface area contributed by atoms with E-state index in [1.807, 2.05) is 13.8 Å². The first kappa shape index (κ1) is 14.9. The third kappa shape index (κ3) is 3.55.